The van der Waals surface area contributed by atoms with E-state index in [-0.39, 0.29) is 17.3 Å². The fourth-order valence-electron chi connectivity index (χ4n) is 3.42. The largest absolute Gasteiger partial charge is 0.476 e. The number of ether oxygens (including phenoxy) is 1. The van der Waals surface area contributed by atoms with Crippen molar-refractivity contribution < 1.29 is 17.9 Å². The van der Waals surface area contributed by atoms with Gasteiger partial charge in [-0.25, -0.2) is 8.42 Å². The van der Waals surface area contributed by atoms with Crippen molar-refractivity contribution >= 4 is 45.0 Å². The molecular weight excluding hydrogens is 480 g/mol. The number of rotatable bonds is 8. The lowest BCUT2D eigenvalue weighted by Gasteiger charge is -2.34. The molecule has 3 aromatic carbocycles. The molecule has 0 bridgehead atoms. The van der Waals surface area contributed by atoms with Crippen LogP contribution in [0.5, 0.6) is 5.75 Å². The van der Waals surface area contributed by atoms with Gasteiger partial charge in [0.05, 0.1) is 17.1 Å². The summed E-state index contributed by atoms with van der Waals surface area (Å²) in [4.78, 5) is 12.9. The Morgan fingerprint density at radius 1 is 1.03 bits per heavy atom. The molecule has 0 saturated carbocycles. The number of anilines is 1. The smallest absolute Gasteiger partial charge is 0.264 e. The van der Waals surface area contributed by atoms with Gasteiger partial charge in [-0.2, -0.15) is 11.8 Å². The van der Waals surface area contributed by atoms with E-state index in [1.54, 1.807) is 36.0 Å². The zero-order chi connectivity index (χ0) is 23.3. The van der Waals surface area contributed by atoms with Crippen LogP contribution in [-0.4, -0.2) is 39.3 Å². The molecule has 4 rings (SSSR count). The predicted molar refractivity (Wildman–Crippen MR) is 132 cm³/mol. The highest BCUT2D eigenvalue weighted by Crippen LogP contribution is 2.36. The summed E-state index contributed by atoms with van der Waals surface area (Å²) in [6, 6.07) is 22.9. The SMILES string of the molecule is O=C(NCCSCc1ccccc1)[C@H]1CN(S(=O)(=O)c2ccc(Cl)cc2)c2ccccc2O1. The van der Waals surface area contributed by atoms with E-state index in [1.165, 1.54) is 34.1 Å². The van der Waals surface area contributed by atoms with Crippen LogP contribution in [0.1, 0.15) is 5.56 Å². The van der Waals surface area contributed by atoms with Gasteiger partial charge in [0.2, 0.25) is 0 Å². The fourth-order valence-corrected chi connectivity index (χ4v) is 5.85. The summed E-state index contributed by atoms with van der Waals surface area (Å²) in [5, 5.41) is 3.31. The molecule has 1 aliphatic heterocycles. The van der Waals surface area contributed by atoms with Gasteiger partial charge >= 0.3 is 0 Å². The van der Waals surface area contributed by atoms with E-state index in [4.69, 9.17) is 16.3 Å². The second-order valence-electron chi connectivity index (χ2n) is 7.39. The Balaban J connectivity index is 1.42. The zero-order valence-electron chi connectivity index (χ0n) is 17.7. The fraction of sp³-hybridized carbons (Fsp3) is 0.208. The number of halogens is 1. The zero-order valence-corrected chi connectivity index (χ0v) is 20.1. The molecule has 1 atom stereocenters. The number of fused-ring (bicyclic) bond motifs is 1. The Morgan fingerprint density at radius 3 is 2.48 bits per heavy atom. The third kappa shape index (κ3) is 5.63. The Bertz CT molecular complexity index is 1200. The second-order valence-corrected chi connectivity index (χ2v) is 10.8. The highest BCUT2D eigenvalue weighted by Gasteiger charge is 2.37. The number of nitrogens with one attached hydrogen (secondary N) is 1. The summed E-state index contributed by atoms with van der Waals surface area (Å²) in [5.74, 6) is 1.59. The van der Waals surface area contributed by atoms with Crippen molar-refractivity contribution in [1.82, 2.24) is 5.32 Å². The van der Waals surface area contributed by atoms with Gasteiger partial charge in [-0.1, -0.05) is 54.1 Å². The molecule has 0 aliphatic carbocycles. The Morgan fingerprint density at radius 2 is 1.73 bits per heavy atom. The normalized spacial score (nSPS) is 15.4. The molecule has 9 heteroatoms. The second kappa shape index (κ2) is 10.5. The summed E-state index contributed by atoms with van der Waals surface area (Å²) >= 11 is 7.63. The van der Waals surface area contributed by atoms with E-state index < -0.39 is 16.1 Å². The van der Waals surface area contributed by atoms with Crippen LogP contribution in [0.25, 0.3) is 0 Å². The van der Waals surface area contributed by atoms with Gasteiger partial charge in [0, 0.05) is 23.1 Å². The van der Waals surface area contributed by atoms with Crippen LogP contribution in [0.4, 0.5) is 5.69 Å². The summed E-state index contributed by atoms with van der Waals surface area (Å²) in [5.41, 5.74) is 1.62. The third-order valence-corrected chi connectivity index (χ3v) is 8.16. The van der Waals surface area contributed by atoms with Crippen LogP contribution in [-0.2, 0) is 20.6 Å². The lowest BCUT2D eigenvalue weighted by atomic mass is 10.2. The molecule has 33 heavy (non-hydrogen) atoms. The number of thioether (sulfide) groups is 1. The van der Waals surface area contributed by atoms with Crippen molar-refractivity contribution in [2.45, 2.75) is 16.8 Å². The minimum absolute atomic E-state index is 0.0973. The number of amides is 1. The van der Waals surface area contributed by atoms with Gasteiger partial charge < -0.3 is 10.1 Å². The first kappa shape index (κ1) is 23.5. The van der Waals surface area contributed by atoms with E-state index in [2.05, 4.69) is 17.4 Å². The van der Waals surface area contributed by atoms with Crippen molar-refractivity contribution in [1.29, 1.82) is 0 Å². The minimum Gasteiger partial charge on any atom is -0.476 e. The molecule has 1 amide bonds. The molecular formula is C24H23ClN2O4S2. The first-order chi connectivity index (χ1) is 15.9. The first-order valence-electron chi connectivity index (χ1n) is 10.4. The number of nitrogens with zero attached hydrogens (tertiary/aromatic N) is 1. The predicted octanol–water partition coefficient (Wildman–Crippen LogP) is 4.35. The number of hydrogen-bond acceptors (Lipinski definition) is 5. The number of sulfonamides is 1. The standard InChI is InChI=1S/C24H23ClN2O4S2/c25-19-10-12-20(13-11-19)33(29,30)27-16-23(31-22-9-5-4-8-21(22)27)24(28)26-14-15-32-17-18-6-2-1-3-7-18/h1-13,23H,14-17H2,(H,26,28)/t23-/m1/s1. The van der Waals surface area contributed by atoms with E-state index in [0.29, 0.717) is 23.0 Å². The average molecular weight is 503 g/mol. The number of para-hydroxylation sites is 2. The van der Waals surface area contributed by atoms with Gasteiger partial charge in [0.15, 0.2) is 6.10 Å². The van der Waals surface area contributed by atoms with Crippen LogP contribution in [0.15, 0.2) is 83.8 Å². The summed E-state index contributed by atoms with van der Waals surface area (Å²) in [7, 11) is -3.91. The molecule has 1 aliphatic rings. The van der Waals surface area contributed by atoms with Crippen LogP contribution >= 0.6 is 23.4 Å². The van der Waals surface area contributed by atoms with Gasteiger partial charge in [0.25, 0.3) is 15.9 Å². The lowest BCUT2D eigenvalue weighted by molar-refractivity contribution is -0.127. The van der Waals surface area contributed by atoms with Crippen LogP contribution in [0.3, 0.4) is 0 Å². The number of carbonyl (C=O) groups is 1. The molecule has 1 heterocycles. The Kier molecular flexibility index (Phi) is 7.47. The van der Waals surface area contributed by atoms with Crippen molar-refractivity contribution in [3.05, 3.63) is 89.4 Å². The number of carbonyl (C=O) groups excluding carboxylic acids is 1. The number of hydrogen-bond donors (Lipinski definition) is 1. The maximum atomic E-state index is 13.4. The minimum atomic E-state index is -3.91. The molecule has 6 nitrogen and oxygen atoms in total. The Hall–Kier alpha value is -2.68. The Labute approximate surface area is 203 Å². The molecule has 0 fully saturated rings. The summed E-state index contributed by atoms with van der Waals surface area (Å²) in [6.45, 7) is 0.340. The molecule has 0 spiro atoms. The third-order valence-electron chi connectivity index (χ3n) is 5.09. The van der Waals surface area contributed by atoms with Gasteiger partial charge in [-0.3, -0.25) is 9.10 Å². The van der Waals surface area contributed by atoms with Crippen molar-refractivity contribution in [2.24, 2.45) is 0 Å². The van der Waals surface area contributed by atoms with Gasteiger partial charge in [-0.15, -0.1) is 0 Å². The molecule has 0 unspecified atom stereocenters. The van der Waals surface area contributed by atoms with E-state index >= 15 is 0 Å². The highest BCUT2D eigenvalue weighted by molar-refractivity contribution is 7.98. The van der Waals surface area contributed by atoms with Crippen LogP contribution in [0.2, 0.25) is 5.02 Å². The van der Waals surface area contributed by atoms with Gasteiger partial charge in [-0.05, 0) is 42.0 Å². The summed E-state index contributed by atoms with van der Waals surface area (Å²) in [6.07, 6.45) is -0.957. The molecule has 0 radical (unpaired) electrons. The van der Waals surface area contributed by atoms with Crippen molar-refractivity contribution in [3.8, 4) is 5.75 Å². The monoisotopic (exact) mass is 502 g/mol. The lowest BCUT2D eigenvalue weighted by Crippen LogP contribution is -2.51. The van der Waals surface area contributed by atoms with E-state index in [1.807, 2.05) is 18.2 Å². The van der Waals surface area contributed by atoms with E-state index in [0.717, 1.165) is 11.5 Å². The maximum Gasteiger partial charge on any atom is 0.264 e. The van der Waals surface area contributed by atoms with Crippen LogP contribution < -0.4 is 14.4 Å². The topological polar surface area (TPSA) is 75.7 Å². The number of benzene rings is 3. The molecule has 172 valence electrons. The van der Waals surface area contributed by atoms with Crippen molar-refractivity contribution in [3.63, 3.8) is 0 Å². The first-order valence-corrected chi connectivity index (χ1v) is 13.4. The van der Waals surface area contributed by atoms with Crippen LogP contribution in [0, 0.1) is 0 Å². The summed E-state index contributed by atoms with van der Waals surface area (Å²) < 4.78 is 33.8. The average Bonchev–Trinajstić information content (AvgIpc) is 2.84. The highest BCUT2D eigenvalue weighted by atomic mass is 35.5. The molecule has 0 saturated heterocycles. The van der Waals surface area contributed by atoms with Crippen molar-refractivity contribution in [2.75, 3.05) is 23.1 Å². The quantitative estimate of drug-likeness (QED) is 0.463. The molecule has 0 aromatic heterocycles. The molecule has 1 N–H and O–H groups in total. The molecule has 3 aromatic rings. The van der Waals surface area contributed by atoms with Gasteiger partial charge in [0.1, 0.15) is 5.75 Å². The maximum absolute atomic E-state index is 13.4. The van der Waals surface area contributed by atoms with E-state index in [9.17, 15) is 13.2 Å².